The summed E-state index contributed by atoms with van der Waals surface area (Å²) in [5, 5.41) is 2.89. The molecule has 112 valence electrons. The molecule has 0 saturated heterocycles. The van der Waals surface area contributed by atoms with Gasteiger partial charge in [0, 0.05) is 19.1 Å². The van der Waals surface area contributed by atoms with Crippen molar-refractivity contribution in [3.8, 4) is 0 Å². The Balaban J connectivity index is 2.15. The van der Waals surface area contributed by atoms with E-state index in [1.165, 1.54) is 17.1 Å². The second-order valence-electron chi connectivity index (χ2n) is 5.54. The topological polar surface area (TPSA) is 49.4 Å². The molecule has 1 aromatic rings. The highest BCUT2D eigenvalue weighted by molar-refractivity contribution is 7.93. The number of hydrogen-bond donors (Lipinski definition) is 1. The van der Waals surface area contributed by atoms with Crippen LogP contribution in [0.5, 0.6) is 0 Å². The van der Waals surface area contributed by atoms with E-state index in [0.717, 1.165) is 11.3 Å². The zero-order valence-corrected chi connectivity index (χ0v) is 13.3. The summed E-state index contributed by atoms with van der Waals surface area (Å²) in [6.45, 7) is 6.61. The van der Waals surface area contributed by atoms with Gasteiger partial charge in [-0.1, -0.05) is 12.1 Å². The van der Waals surface area contributed by atoms with Gasteiger partial charge in [-0.15, -0.1) is 0 Å². The van der Waals surface area contributed by atoms with Crippen LogP contribution >= 0.6 is 0 Å². The summed E-state index contributed by atoms with van der Waals surface area (Å²) in [6.07, 6.45) is 2.34. The number of hydrogen-bond acceptors (Lipinski definition) is 3. The van der Waals surface area contributed by atoms with E-state index < -0.39 is 15.3 Å². The Labute approximate surface area is 122 Å². The number of nitrogens with zero attached hydrogens (tertiary/aromatic N) is 1. The van der Waals surface area contributed by atoms with E-state index in [9.17, 15) is 8.42 Å². The highest BCUT2D eigenvalue weighted by Crippen LogP contribution is 2.23. The Kier molecular flexibility index (Phi) is 4.70. The third kappa shape index (κ3) is 3.52. The monoisotopic (exact) mass is 296 g/mol. The Morgan fingerprint density at radius 3 is 2.65 bits per heavy atom. The maximum absolute atomic E-state index is 12.7. The average Bonchev–Trinajstić information content (AvgIpc) is 3.20. The van der Waals surface area contributed by atoms with Crippen LogP contribution in [-0.4, -0.2) is 32.8 Å². The molecule has 0 amide bonds. The van der Waals surface area contributed by atoms with Crippen molar-refractivity contribution in [2.75, 3.05) is 17.4 Å². The van der Waals surface area contributed by atoms with Crippen molar-refractivity contribution < 1.29 is 8.42 Å². The van der Waals surface area contributed by atoms with Crippen LogP contribution in [0.4, 0.5) is 5.69 Å². The van der Waals surface area contributed by atoms with Crippen LogP contribution < -0.4 is 9.62 Å². The fourth-order valence-electron chi connectivity index (χ4n) is 2.24. The second-order valence-corrected chi connectivity index (χ2v) is 7.82. The molecule has 1 saturated carbocycles. The minimum Gasteiger partial charge on any atom is -0.313 e. The number of rotatable bonds is 7. The molecule has 4 nitrogen and oxygen atoms in total. The van der Waals surface area contributed by atoms with E-state index in [1.807, 2.05) is 38.1 Å². The molecule has 0 spiro atoms. The lowest BCUT2D eigenvalue weighted by atomic mass is 10.2. The Morgan fingerprint density at radius 1 is 1.40 bits per heavy atom. The first-order valence-electron chi connectivity index (χ1n) is 7.26. The van der Waals surface area contributed by atoms with Crippen LogP contribution in [0.1, 0.15) is 32.3 Å². The van der Waals surface area contributed by atoms with Gasteiger partial charge in [0.05, 0.1) is 10.9 Å². The molecule has 1 aliphatic carbocycles. The van der Waals surface area contributed by atoms with Crippen LogP contribution in [-0.2, 0) is 10.0 Å². The number of aryl methyl sites for hydroxylation is 1. The zero-order valence-electron chi connectivity index (χ0n) is 12.5. The van der Waals surface area contributed by atoms with Crippen LogP contribution in [0.3, 0.4) is 0 Å². The second kappa shape index (κ2) is 6.14. The summed E-state index contributed by atoms with van der Waals surface area (Å²) in [5.74, 6) is 0. The highest BCUT2D eigenvalue weighted by Gasteiger charge is 2.30. The van der Waals surface area contributed by atoms with Gasteiger partial charge in [-0.2, -0.15) is 0 Å². The lowest BCUT2D eigenvalue weighted by Gasteiger charge is -2.27. The smallest absolute Gasteiger partial charge is 0.239 e. The van der Waals surface area contributed by atoms with Crippen molar-refractivity contribution in [1.82, 2.24) is 5.32 Å². The first kappa shape index (κ1) is 15.3. The molecule has 0 aliphatic heterocycles. The van der Waals surface area contributed by atoms with E-state index in [2.05, 4.69) is 5.32 Å². The molecule has 1 atom stereocenters. The molecule has 2 rings (SSSR count). The molecule has 0 bridgehead atoms. The standard InChI is InChI=1S/C15H24N2O2S/c1-4-17(15-7-5-6-12(2)10-15)20(18,19)13(3)11-16-14-8-9-14/h5-7,10,13-14,16H,4,8-9,11H2,1-3H3. The van der Waals surface area contributed by atoms with Crippen LogP contribution in [0.2, 0.25) is 0 Å². The molecule has 0 radical (unpaired) electrons. The van der Waals surface area contributed by atoms with E-state index in [1.54, 1.807) is 6.92 Å². The van der Waals surface area contributed by atoms with Gasteiger partial charge in [0.25, 0.3) is 0 Å². The Bertz CT molecular complexity index is 553. The predicted molar refractivity (Wildman–Crippen MR) is 83.6 cm³/mol. The van der Waals surface area contributed by atoms with Gasteiger partial charge >= 0.3 is 0 Å². The van der Waals surface area contributed by atoms with Crippen molar-refractivity contribution in [3.05, 3.63) is 29.8 Å². The van der Waals surface area contributed by atoms with Crippen LogP contribution in [0.25, 0.3) is 0 Å². The van der Waals surface area contributed by atoms with Crippen molar-refractivity contribution in [2.45, 2.75) is 44.9 Å². The molecular weight excluding hydrogens is 272 g/mol. The van der Waals surface area contributed by atoms with Gasteiger partial charge in [0.2, 0.25) is 10.0 Å². The summed E-state index contributed by atoms with van der Waals surface area (Å²) in [4.78, 5) is 0. The Morgan fingerprint density at radius 2 is 2.10 bits per heavy atom. The summed E-state index contributed by atoms with van der Waals surface area (Å²) < 4.78 is 26.9. The third-order valence-electron chi connectivity index (χ3n) is 3.66. The molecule has 0 heterocycles. The minimum atomic E-state index is -3.32. The Hall–Kier alpha value is -1.07. The number of sulfonamides is 1. The van der Waals surface area contributed by atoms with Gasteiger partial charge in [-0.3, -0.25) is 4.31 Å². The van der Waals surface area contributed by atoms with Gasteiger partial charge in [-0.25, -0.2) is 8.42 Å². The van der Waals surface area contributed by atoms with E-state index in [0.29, 0.717) is 19.1 Å². The summed E-state index contributed by atoms with van der Waals surface area (Å²) in [5.41, 5.74) is 1.82. The zero-order chi connectivity index (χ0) is 14.8. The van der Waals surface area contributed by atoms with Gasteiger partial charge < -0.3 is 5.32 Å². The quantitative estimate of drug-likeness (QED) is 0.840. The van der Waals surface area contributed by atoms with E-state index in [4.69, 9.17) is 0 Å². The first-order valence-corrected chi connectivity index (χ1v) is 8.77. The van der Waals surface area contributed by atoms with Gasteiger partial charge in [-0.05, 0) is 51.3 Å². The molecule has 1 fully saturated rings. The van der Waals surface area contributed by atoms with Crippen molar-refractivity contribution in [1.29, 1.82) is 0 Å². The molecule has 1 aromatic carbocycles. The number of nitrogens with one attached hydrogen (secondary N) is 1. The third-order valence-corrected chi connectivity index (χ3v) is 5.93. The lowest BCUT2D eigenvalue weighted by Crippen LogP contribution is -2.42. The number of anilines is 1. The van der Waals surface area contributed by atoms with Crippen molar-refractivity contribution >= 4 is 15.7 Å². The predicted octanol–water partition coefficient (Wildman–Crippen LogP) is 2.29. The van der Waals surface area contributed by atoms with Crippen molar-refractivity contribution in [3.63, 3.8) is 0 Å². The molecule has 1 aliphatic rings. The SMILES string of the molecule is CCN(c1cccc(C)c1)S(=O)(=O)C(C)CNC1CC1. The highest BCUT2D eigenvalue weighted by atomic mass is 32.2. The summed E-state index contributed by atoms with van der Waals surface area (Å²) >= 11 is 0. The molecular formula is C15H24N2O2S. The molecule has 5 heteroatoms. The molecule has 20 heavy (non-hydrogen) atoms. The minimum absolute atomic E-state index is 0.413. The van der Waals surface area contributed by atoms with E-state index >= 15 is 0 Å². The van der Waals surface area contributed by atoms with Crippen molar-refractivity contribution in [2.24, 2.45) is 0 Å². The first-order chi connectivity index (χ1) is 9.45. The fourth-order valence-corrected chi connectivity index (χ4v) is 3.74. The normalized spacial score (nSPS) is 16.9. The lowest BCUT2D eigenvalue weighted by molar-refractivity contribution is 0.567. The molecule has 1 N–H and O–H groups in total. The van der Waals surface area contributed by atoms with E-state index in [-0.39, 0.29) is 0 Å². The summed E-state index contributed by atoms with van der Waals surface area (Å²) in [6, 6.07) is 8.18. The van der Waals surface area contributed by atoms with Gasteiger partial charge in [0.1, 0.15) is 0 Å². The maximum atomic E-state index is 12.7. The molecule has 1 unspecified atom stereocenters. The fraction of sp³-hybridized carbons (Fsp3) is 0.600. The molecule has 0 aromatic heterocycles. The van der Waals surface area contributed by atoms with Crippen LogP contribution in [0.15, 0.2) is 24.3 Å². The largest absolute Gasteiger partial charge is 0.313 e. The van der Waals surface area contributed by atoms with Gasteiger partial charge in [0.15, 0.2) is 0 Å². The van der Waals surface area contributed by atoms with Crippen LogP contribution in [0, 0.1) is 6.92 Å². The average molecular weight is 296 g/mol. The summed E-state index contributed by atoms with van der Waals surface area (Å²) in [7, 11) is -3.32. The maximum Gasteiger partial charge on any atom is 0.239 e. The number of benzene rings is 1.